The Morgan fingerprint density at radius 2 is 1.41 bits per heavy atom. The van der Waals surface area contributed by atoms with Crippen molar-refractivity contribution in [2.45, 2.75) is 0 Å². The Morgan fingerprint density at radius 3 is 2.03 bits per heavy atom. The van der Waals surface area contributed by atoms with Gasteiger partial charge in [-0.15, -0.1) is 0 Å². The number of carbonyl (C=O) groups is 2. The summed E-state index contributed by atoms with van der Waals surface area (Å²) in [5.41, 5.74) is 4.09. The van der Waals surface area contributed by atoms with Crippen molar-refractivity contribution in [3.63, 3.8) is 0 Å². The highest BCUT2D eigenvalue weighted by atomic mass is 16.5. The zero-order valence-electron chi connectivity index (χ0n) is 16.0. The van der Waals surface area contributed by atoms with E-state index < -0.39 is 0 Å². The van der Waals surface area contributed by atoms with Gasteiger partial charge in [0.05, 0.1) is 35.1 Å². The van der Waals surface area contributed by atoms with Crippen molar-refractivity contribution in [3.05, 3.63) is 83.9 Å². The molecule has 0 saturated carbocycles. The number of benzene rings is 3. The van der Waals surface area contributed by atoms with Crippen LogP contribution in [0, 0.1) is 0 Å². The van der Waals surface area contributed by atoms with Crippen LogP contribution in [0.3, 0.4) is 0 Å². The summed E-state index contributed by atoms with van der Waals surface area (Å²) in [4.78, 5) is 27.8. The number of anilines is 1. The van der Waals surface area contributed by atoms with E-state index in [1.54, 1.807) is 31.4 Å². The minimum Gasteiger partial charge on any atom is -0.497 e. The van der Waals surface area contributed by atoms with Gasteiger partial charge in [0.1, 0.15) is 5.75 Å². The summed E-state index contributed by atoms with van der Waals surface area (Å²) in [5.74, 6) is 0.0526. The number of ether oxygens (including phenoxy) is 1. The standard InChI is InChI=1S/C24H18N2O3/c1-25-20-13-12-16(29-2)14-19(20)22(21(25)15-8-4-3-5-9-15)26-23(27)17-10-6-7-11-18(17)24(26)28/h3-14H,1-2H3. The van der Waals surface area contributed by atoms with Crippen LogP contribution in [0.1, 0.15) is 20.7 Å². The molecule has 5 heteroatoms. The van der Waals surface area contributed by atoms with E-state index in [4.69, 9.17) is 4.74 Å². The maximum absolute atomic E-state index is 13.3. The van der Waals surface area contributed by atoms with Gasteiger partial charge in [-0.3, -0.25) is 9.59 Å². The molecule has 0 N–H and O–H groups in total. The van der Waals surface area contributed by atoms with Crippen LogP contribution in [0.2, 0.25) is 0 Å². The van der Waals surface area contributed by atoms with Crippen LogP contribution in [0.15, 0.2) is 72.8 Å². The Kier molecular flexibility index (Phi) is 3.77. The highest BCUT2D eigenvalue weighted by Crippen LogP contribution is 2.44. The lowest BCUT2D eigenvalue weighted by molar-refractivity contribution is 0.0926. The van der Waals surface area contributed by atoms with Crippen molar-refractivity contribution in [3.8, 4) is 17.0 Å². The number of hydrogen-bond acceptors (Lipinski definition) is 3. The molecule has 0 bridgehead atoms. The summed E-state index contributed by atoms with van der Waals surface area (Å²) in [6, 6.07) is 22.4. The number of methoxy groups -OCH3 is 1. The fourth-order valence-corrected chi connectivity index (χ4v) is 4.08. The molecular weight excluding hydrogens is 364 g/mol. The number of amides is 2. The molecule has 29 heavy (non-hydrogen) atoms. The lowest BCUT2D eigenvalue weighted by atomic mass is 10.1. The zero-order chi connectivity index (χ0) is 20.1. The molecular formula is C24H18N2O3. The van der Waals surface area contributed by atoms with Gasteiger partial charge in [0, 0.05) is 18.0 Å². The SMILES string of the molecule is COc1ccc2c(c1)c(N1C(=O)c3ccccc3C1=O)c(-c1ccccc1)n2C. The molecule has 0 atom stereocenters. The van der Waals surface area contributed by atoms with Crippen molar-refractivity contribution in [2.75, 3.05) is 12.0 Å². The Bertz CT molecular complexity index is 1250. The van der Waals surface area contributed by atoms with Crippen molar-refractivity contribution in [1.29, 1.82) is 0 Å². The molecule has 1 aliphatic rings. The highest BCUT2D eigenvalue weighted by Gasteiger charge is 2.39. The van der Waals surface area contributed by atoms with Gasteiger partial charge in [0.25, 0.3) is 11.8 Å². The monoisotopic (exact) mass is 382 g/mol. The van der Waals surface area contributed by atoms with Crippen LogP contribution in [0.4, 0.5) is 5.69 Å². The normalized spacial score (nSPS) is 13.2. The van der Waals surface area contributed by atoms with Crippen molar-refractivity contribution in [2.24, 2.45) is 7.05 Å². The lowest BCUT2D eigenvalue weighted by Crippen LogP contribution is -2.29. The fourth-order valence-electron chi connectivity index (χ4n) is 4.08. The minimum atomic E-state index is -0.307. The first-order valence-electron chi connectivity index (χ1n) is 9.31. The first-order chi connectivity index (χ1) is 14.1. The van der Waals surface area contributed by atoms with E-state index in [0.29, 0.717) is 22.6 Å². The molecule has 3 aromatic carbocycles. The van der Waals surface area contributed by atoms with Crippen molar-refractivity contribution < 1.29 is 14.3 Å². The number of aromatic nitrogens is 1. The number of nitrogens with zero attached hydrogens (tertiary/aromatic N) is 2. The third kappa shape index (κ3) is 2.41. The molecule has 5 rings (SSSR count). The Hall–Kier alpha value is -3.86. The molecule has 1 aromatic heterocycles. The van der Waals surface area contributed by atoms with E-state index in [1.807, 2.05) is 60.1 Å². The number of aryl methyl sites for hydroxylation is 1. The highest BCUT2D eigenvalue weighted by molar-refractivity contribution is 6.37. The van der Waals surface area contributed by atoms with E-state index in [2.05, 4.69) is 0 Å². The first kappa shape index (κ1) is 17.3. The van der Waals surface area contributed by atoms with Crippen LogP contribution >= 0.6 is 0 Å². The van der Waals surface area contributed by atoms with E-state index in [-0.39, 0.29) is 11.8 Å². The molecule has 0 radical (unpaired) electrons. The molecule has 0 spiro atoms. The number of rotatable bonds is 3. The summed E-state index contributed by atoms with van der Waals surface area (Å²) < 4.78 is 7.43. The van der Waals surface area contributed by atoms with Crippen LogP contribution in [-0.4, -0.2) is 23.5 Å². The summed E-state index contributed by atoms with van der Waals surface area (Å²) >= 11 is 0. The molecule has 0 fully saturated rings. The summed E-state index contributed by atoms with van der Waals surface area (Å²) in [6.07, 6.45) is 0. The molecule has 142 valence electrons. The third-order valence-corrected chi connectivity index (χ3v) is 5.44. The number of hydrogen-bond donors (Lipinski definition) is 0. The molecule has 4 aromatic rings. The maximum Gasteiger partial charge on any atom is 0.266 e. The summed E-state index contributed by atoms with van der Waals surface area (Å²) in [6.45, 7) is 0. The number of imide groups is 1. The van der Waals surface area contributed by atoms with Gasteiger partial charge in [-0.2, -0.15) is 0 Å². The fraction of sp³-hybridized carbons (Fsp3) is 0.0833. The van der Waals surface area contributed by atoms with Crippen LogP contribution in [0.25, 0.3) is 22.2 Å². The summed E-state index contributed by atoms with van der Waals surface area (Å²) in [5, 5.41) is 0.792. The van der Waals surface area contributed by atoms with E-state index in [9.17, 15) is 9.59 Å². The molecule has 0 unspecified atom stereocenters. The number of carbonyl (C=O) groups excluding carboxylic acids is 2. The van der Waals surface area contributed by atoms with Gasteiger partial charge < -0.3 is 9.30 Å². The number of fused-ring (bicyclic) bond motifs is 2. The van der Waals surface area contributed by atoms with Gasteiger partial charge in [-0.25, -0.2) is 4.90 Å². The minimum absolute atomic E-state index is 0.307. The first-order valence-corrected chi connectivity index (χ1v) is 9.31. The summed E-state index contributed by atoms with van der Waals surface area (Å²) in [7, 11) is 3.54. The van der Waals surface area contributed by atoms with Crippen LogP contribution < -0.4 is 9.64 Å². The van der Waals surface area contributed by atoms with Gasteiger partial charge >= 0.3 is 0 Å². The van der Waals surface area contributed by atoms with Crippen LogP contribution in [-0.2, 0) is 7.05 Å². The second kappa shape index (κ2) is 6.34. The predicted octanol–water partition coefficient (Wildman–Crippen LogP) is 4.65. The molecule has 5 nitrogen and oxygen atoms in total. The molecule has 0 saturated heterocycles. The van der Waals surface area contributed by atoms with Crippen molar-refractivity contribution in [1.82, 2.24) is 4.57 Å². The van der Waals surface area contributed by atoms with Crippen molar-refractivity contribution >= 4 is 28.4 Å². The zero-order valence-corrected chi connectivity index (χ0v) is 16.0. The molecule has 2 heterocycles. The average molecular weight is 382 g/mol. The largest absolute Gasteiger partial charge is 0.497 e. The Balaban J connectivity index is 1.85. The Morgan fingerprint density at radius 1 is 0.793 bits per heavy atom. The third-order valence-electron chi connectivity index (χ3n) is 5.44. The van der Waals surface area contributed by atoms with Gasteiger partial charge in [0.2, 0.25) is 0 Å². The molecule has 1 aliphatic heterocycles. The predicted molar refractivity (Wildman–Crippen MR) is 112 cm³/mol. The smallest absolute Gasteiger partial charge is 0.266 e. The maximum atomic E-state index is 13.3. The van der Waals surface area contributed by atoms with Gasteiger partial charge in [-0.05, 0) is 30.3 Å². The van der Waals surface area contributed by atoms with E-state index >= 15 is 0 Å². The molecule has 2 amide bonds. The topological polar surface area (TPSA) is 51.5 Å². The van der Waals surface area contributed by atoms with Gasteiger partial charge in [0.15, 0.2) is 0 Å². The second-order valence-electron chi connectivity index (χ2n) is 7.00. The van der Waals surface area contributed by atoms with E-state index in [1.165, 1.54) is 4.90 Å². The van der Waals surface area contributed by atoms with Crippen LogP contribution in [0.5, 0.6) is 5.75 Å². The van der Waals surface area contributed by atoms with E-state index in [0.717, 1.165) is 22.2 Å². The average Bonchev–Trinajstić information content (AvgIpc) is 3.19. The lowest BCUT2D eigenvalue weighted by Gasteiger charge is -2.17. The Labute approximate surface area is 167 Å². The van der Waals surface area contributed by atoms with Gasteiger partial charge in [-0.1, -0.05) is 42.5 Å². The second-order valence-corrected chi connectivity index (χ2v) is 7.00. The molecule has 0 aliphatic carbocycles. The quantitative estimate of drug-likeness (QED) is 0.485.